The first-order valence-corrected chi connectivity index (χ1v) is 7.71. The van der Waals surface area contributed by atoms with Gasteiger partial charge in [-0.05, 0) is 25.0 Å². The van der Waals surface area contributed by atoms with Gasteiger partial charge in [0.15, 0.2) is 0 Å². The predicted molar refractivity (Wildman–Crippen MR) is 85.9 cm³/mol. The van der Waals surface area contributed by atoms with Crippen LogP contribution in [-0.4, -0.2) is 25.6 Å². The maximum Gasteiger partial charge on any atom is 0.239 e. The smallest absolute Gasteiger partial charge is 0.239 e. The van der Waals surface area contributed by atoms with Crippen LogP contribution in [0.25, 0.3) is 0 Å². The minimum absolute atomic E-state index is 0.0158. The summed E-state index contributed by atoms with van der Waals surface area (Å²) in [6.07, 6.45) is 1.90. The molecule has 0 heterocycles. The first kappa shape index (κ1) is 17.0. The first-order valence-electron chi connectivity index (χ1n) is 6.91. The van der Waals surface area contributed by atoms with Crippen molar-refractivity contribution < 1.29 is 9.53 Å². The van der Waals surface area contributed by atoms with Gasteiger partial charge < -0.3 is 15.4 Å². The van der Waals surface area contributed by atoms with Crippen molar-refractivity contribution in [3.8, 4) is 0 Å². The Kier molecular flexibility index (Phi) is 7.62. The SMILES string of the molecule is CCC(CC)NC(=O)CNc1cccc(Br)c1COC. The van der Waals surface area contributed by atoms with Crippen LogP contribution in [0.3, 0.4) is 0 Å². The first-order chi connectivity index (χ1) is 9.62. The van der Waals surface area contributed by atoms with Crippen molar-refractivity contribution in [3.63, 3.8) is 0 Å². The molecular formula is C15H23BrN2O2. The summed E-state index contributed by atoms with van der Waals surface area (Å²) in [6.45, 7) is 4.92. The van der Waals surface area contributed by atoms with Gasteiger partial charge in [0, 0.05) is 28.9 Å². The minimum atomic E-state index is 0.0158. The standard InChI is InChI=1S/C15H23BrN2O2/c1-4-11(5-2)18-15(19)9-17-14-8-6-7-13(16)12(14)10-20-3/h6-8,11,17H,4-5,9-10H2,1-3H3,(H,18,19). The highest BCUT2D eigenvalue weighted by molar-refractivity contribution is 9.10. The van der Waals surface area contributed by atoms with E-state index in [1.54, 1.807) is 7.11 Å². The Hall–Kier alpha value is -1.07. The lowest BCUT2D eigenvalue weighted by atomic mass is 10.1. The van der Waals surface area contributed by atoms with Crippen LogP contribution >= 0.6 is 15.9 Å². The van der Waals surface area contributed by atoms with Crippen LogP contribution < -0.4 is 10.6 Å². The molecule has 0 aromatic heterocycles. The predicted octanol–water partition coefficient (Wildman–Crippen LogP) is 3.31. The highest BCUT2D eigenvalue weighted by atomic mass is 79.9. The van der Waals surface area contributed by atoms with Crippen LogP contribution in [0.4, 0.5) is 5.69 Å². The van der Waals surface area contributed by atoms with Crippen molar-refractivity contribution in [3.05, 3.63) is 28.2 Å². The van der Waals surface area contributed by atoms with Crippen molar-refractivity contribution in [2.45, 2.75) is 39.3 Å². The second-order valence-electron chi connectivity index (χ2n) is 4.63. The molecule has 0 aliphatic carbocycles. The summed E-state index contributed by atoms with van der Waals surface area (Å²) in [5, 5.41) is 6.18. The Morgan fingerprint density at radius 1 is 1.35 bits per heavy atom. The zero-order valence-electron chi connectivity index (χ0n) is 12.3. The molecule has 0 saturated carbocycles. The molecule has 1 amide bonds. The van der Waals surface area contributed by atoms with Crippen molar-refractivity contribution in [1.82, 2.24) is 5.32 Å². The molecule has 0 radical (unpaired) electrons. The Labute approximate surface area is 129 Å². The van der Waals surface area contributed by atoms with Gasteiger partial charge in [-0.15, -0.1) is 0 Å². The third-order valence-electron chi connectivity index (χ3n) is 3.20. The third kappa shape index (κ3) is 5.13. The average molecular weight is 343 g/mol. The fourth-order valence-electron chi connectivity index (χ4n) is 1.96. The molecule has 0 saturated heterocycles. The molecule has 112 valence electrons. The highest BCUT2D eigenvalue weighted by Crippen LogP contribution is 2.25. The van der Waals surface area contributed by atoms with Gasteiger partial charge in [-0.1, -0.05) is 35.8 Å². The molecule has 4 nitrogen and oxygen atoms in total. The molecule has 1 rings (SSSR count). The van der Waals surface area contributed by atoms with Crippen molar-refractivity contribution >= 4 is 27.5 Å². The molecule has 0 atom stereocenters. The van der Waals surface area contributed by atoms with Gasteiger partial charge >= 0.3 is 0 Å². The molecule has 0 unspecified atom stereocenters. The summed E-state index contributed by atoms with van der Waals surface area (Å²) in [6, 6.07) is 6.10. The summed E-state index contributed by atoms with van der Waals surface area (Å²) in [7, 11) is 1.66. The van der Waals surface area contributed by atoms with Crippen LogP contribution in [0.2, 0.25) is 0 Å². The van der Waals surface area contributed by atoms with Crippen LogP contribution in [-0.2, 0) is 16.1 Å². The maximum absolute atomic E-state index is 11.9. The van der Waals surface area contributed by atoms with Gasteiger partial charge in [0.1, 0.15) is 0 Å². The molecule has 0 bridgehead atoms. The molecule has 2 N–H and O–H groups in total. The number of hydrogen-bond donors (Lipinski definition) is 2. The van der Waals surface area contributed by atoms with E-state index in [0.717, 1.165) is 28.6 Å². The van der Waals surface area contributed by atoms with E-state index in [9.17, 15) is 4.79 Å². The fourth-order valence-corrected chi connectivity index (χ4v) is 2.44. The largest absolute Gasteiger partial charge is 0.380 e. The number of benzene rings is 1. The summed E-state index contributed by atoms with van der Waals surface area (Å²) in [5.41, 5.74) is 1.94. The van der Waals surface area contributed by atoms with E-state index >= 15 is 0 Å². The lowest BCUT2D eigenvalue weighted by Crippen LogP contribution is -2.37. The van der Waals surface area contributed by atoms with Gasteiger partial charge in [0.25, 0.3) is 0 Å². The number of halogens is 1. The summed E-state index contributed by atoms with van der Waals surface area (Å²) in [5.74, 6) is 0.0158. The second-order valence-corrected chi connectivity index (χ2v) is 5.49. The Bertz CT molecular complexity index is 434. The lowest BCUT2D eigenvalue weighted by Gasteiger charge is -2.16. The van der Waals surface area contributed by atoms with E-state index in [2.05, 4.69) is 40.4 Å². The number of hydrogen-bond acceptors (Lipinski definition) is 3. The Balaban J connectivity index is 2.61. The van der Waals surface area contributed by atoms with E-state index in [0.29, 0.717) is 6.61 Å². The van der Waals surface area contributed by atoms with E-state index < -0.39 is 0 Å². The van der Waals surface area contributed by atoms with Crippen LogP contribution in [0, 0.1) is 0 Å². The Morgan fingerprint density at radius 2 is 2.05 bits per heavy atom. The number of rotatable bonds is 8. The lowest BCUT2D eigenvalue weighted by molar-refractivity contribution is -0.120. The number of carbonyl (C=O) groups is 1. The Morgan fingerprint density at radius 3 is 2.65 bits per heavy atom. The molecule has 20 heavy (non-hydrogen) atoms. The summed E-state index contributed by atoms with van der Waals surface area (Å²) >= 11 is 3.50. The normalized spacial score (nSPS) is 10.7. The van der Waals surface area contributed by atoms with E-state index in [4.69, 9.17) is 4.74 Å². The fraction of sp³-hybridized carbons (Fsp3) is 0.533. The summed E-state index contributed by atoms with van der Waals surface area (Å²) < 4.78 is 6.16. The van der Waals surface area contributed by atoms with Gasteiger partial charge in [-0.3, -0.25) is 4.79 Å². The topological polar surface area (TPSA) is 50.4 Å². The maximum atomic E-state index is 11.9. The number of carbonyl (C=O) groups excluding carboxylic acids is 1. The molecule has 0 aliphatic heterocycles. The second kappa shape index (κ2) is 8.97. The molecule has 1 aromatic carbocycles. The highest BCUT2D eigenvalue weighted by Gasteiger charge is 2.10. The third-order valence-corrected chi connectivity index (χ3v) is 3.94. The molecule has 5 heteroatoms. The van der Waals surface area contributed by atoms with Gasteiger partial charge in [-0.25, -0.2) is 0 Å². The zero-order valence-corrected chi connectivity index (χ0v) is 13.9. The molecule has 0 spiro atoms. The van der Waals surface area contributed by atoms with Crippen LogP contribution in [0.15, 0.2) is 22.7 Å². The molecular weight excluding hydrogens is 320 g/mol. The number of methoxy groups -OCH3 is 1. The van der Waals surface area contributed by atoms with E-state index in [-0.39, 0.29) is 18.5 Å². The molecule has 0 fully saturated rings. The van der Waals surface area contributed by atoms with Gasteiger partial charge in [0.05, 0.1) is 13.2 Å². The van der Waals surface area contributed by atoms with Crippen LogP contribution in [0.5, 0.6) is 0 Å². The van der Waals surface area contributed by atoms with Gasteiger partial charge in [-0.2, -0.15) is 0 Å². The van der Waals surface area contributed by atoms with E-state index in [1.807, 2.05) is 18.2 Å². The quantitative estimate of drug-likeness (QED) is 0.761. The number of anilines is 1. The van der Waals surface area contributed by atoms with Crippen molar-refractivity contribution in [1.29, 1.82) is 0 Å². The zero-order chi connectivity index (χ0) is 15.0. The molecule has 1 aromatic rings. The monoisotopic (exact) mass is 342 g/mol. The number of amides is 1. The summed E-state index contributed by atoms with van der Waals surface area (Å²) in [4.78, 5) is 11.9. The van der Waals surface area contributed by atoms with Crippen LogP contribution in [0.1, 0.15) is 32.3 Å². The van der Waals surface area contributed by atoms with E-state index in [1.165, 1.54) is 0 Å². The minimum Gasteiger partial charge on any atom is -0.380 e. The van der Waals surface area contributed by atoms with Gasteiger partial charge in [0.2, 0.25) is 5.91 Å². The number of ether oxygens (including phenoxy) is 1. The molecule has 0 aliphatic rings. The average Bonchev–Trinajstić information content (AvgIpc) is 2.45. The number of nitrogens with one attached hydrogen (secondary N) is 2. The van der Waals surface area contributed by atoms with Crippen molar-refractivity contribution in [2.75, 3.05) is 19.0 Å². The van der Waals surface area contributed by atoms with Crippen molar-refractivity contribution in [2.24, 2.45) is 0 Å².